The van der Waals surface area contributed by atoms with E-state index in [1.165, 1.54) is 4.31 Å². The summed E-state index contributed by atoms with van der Waals surface area (Å²) in [6.45, 7) is 8.26. The van der Waals surface area contributed by atoms with Crippen LogP contribution in [0.2, 0.25) is 0 Å². The van der Waals surface area contributed by atoms with Crippen LogP contribution in [-0.4, -0.2) is 39.8 Å². The second kappa shape index (κ2) is 9.65. The summed E-state index contributed by atoms with van der Waals surface area (Å²) < 4.78 is 31.1. The van der Waals surface area contributed by atoms with E-state index in [2.05, 4.69) is 5.32 Å². The Kier molecular flexibility index (Phi) is 8.22. The summed E-state index contributed by atoms with van der Waals surface area (Å²) in [5, 5.41) is 2.82. The van der Waals surface area contributed by atoms with Gasteiger partial charge in [0, 0.05) is 12.5 Å². The molecule has 1 amide bonds. The highest BCUT2D eigenvalue weighted by atomic mass is 32.2. The number of amides is 1. The maximum atomic E-state index is 12.1. The maximum Gasteiger partial charge on any atom is 0.232 e. The molecule has 0 bridgehead atoms. The van der Waals surface area contributed by atoms with E-state index in [-0.39, 0.29) is 31.0 Å². The molecular formula is C18H30N2O4S. The zero-order valence-electron chi connectivity index (χ0n) is 15.8. The molecule has 1 N–H and O–H groups in total. The second-order valence-electron chi connectivity index (χ2n) is 6.30. The quantitative estimate of drug-likeness (QED) is 0.687. The number of benzene rings is 1. The Balaban J connectivity index is 2.77. The van der Waals surface area contributed by atoms with Gasteiger partial charge in [-0.3, -0.25) is 9.10 Å². The van der Waals surface area contributed by atoms with Crippen LogP contribution in [0.3, 0.4) is 0 Å². The van der Waals surface area contributed by atoms with Gasteiger partial charge >= 0.3 is 0 Å². The summed E-state index contributed by atoms with van der Waals surface area (Å²) in [6, 6.07) is 6.91. The summed E-state index contributed by atoms with van der Waals surface area (Å²) >= 11 is 0. The Morgan fingerprint density at radius 1 is 1.16 bits per heavy atom. The Labute approximate surface area is 151 Å². The van der Waals surface area contributed by atoms with Crippen molar-refractivity contribution >= 4 is 21.6 Å². The fourth-order valence-electron chi connectivity index (χ4n) is 2.53. The van der Waals surface area contributed by atoms with E-state index in [9.17, 15) is 13.2 Å². The molecule has 0 saturated carbocycles. The van der Waals surface area contributed by atoms with Gasteiger partial charge in [0.15, 0.2) is 0 Å². The highest BCUT2D eigenvalue weighted by Crippen LogP contribution is 2.22. The predicted octanol–water partition coefficient (Wildman–Crippen LogP) is 2.79. The molecule has 0 atom stereocenters. The molecule has 25 heavy (non-hydrogen) atoms. The normalized spacial score (nSPS) is 11.6. The van der Waals surface area contributed by atoms with Gasteiger partial charge in [0.05, 0.1) is 24.6 Å². The molecule has 6 nitrogen and oxygen atoms in total. The van der Waals surface area contributed by atoms with Gasteiger partial charge in [-0.1, -0.05) is 13.8 Å². The summed E-state index contributed by atoms with van der Waals surface area (Å²) in [4.78, 5) is 12.0. The molecule has 142 valence electrons. The number of carbonyl (C=O) groups is 1. The zero-order chi connectivity index (χ0) is 19.0. The van der Waals surface area contributed by atoms with Crippen LogP contribution in [0.1, 0.15) is 40.5 Å². The standard InChI is InChI=1S/C18H30N2O4S/c1-6-15(7-2)18(21)19-12-13-20(25(5,22)23)16-8-10-17(11-9-16)24-14(3)4/h8-11,14-15H,6-7,12-13H2,1-5H3,(H,19,21). The molecular weight excluding hydrogens is 340 g/mol. The molecule has 0 aliphatic carbocycles. The molecule has 0 aromatic heterocycles. The number of anilines is 1. The minimum atomic E-state index is -3.44. The minimum Gasteiger partial charge on any atom is -0.491 e. The third kappa shape index (κ3) is 6.94. The number of nitrogens with zero attached hydrogens (tertiary/aromatic N) is 1. The van der Waals surface area contributed by atoms with Gasteiger partial charge < -0.3 is 10.1 Å². The first-order valence-electron chi connectivity index (χ1n) is 8.71. The lowest BCUT2D eigenvalue weighted by Gasteiger charge is -2.23. The molecule has 0 fully saturated rings. The molecule has 0 spiro atoms. The Bertz CT molecular complexity index is 638. The summed E-state index contributed by atoms with van der Waals surface area (Å²) in [5.74, 6) is 0.632. The minimum absolute atomic E-state index is 0.0286. The fourth-order valence-corrected chi connectivity index (χ4v) is 3.46. The van der Waals surface area contributed by atoms with Crippen LogP contribution in [-0.2, 0) is 14.8 Å². The van der Waals surface area contributed by atoms with Gasteiger partial charge in [0.1, 0.15) is 5.75 Å². The largest absolute Gasteiger partial charge is 0.491 e. The van der Waals surface area contributed by atoms with Crippen LogP contribution in [0.15, 0.2) is 24.3 Å². The topological polar surface area (TPSA) is 75.7 Å². The monoisotopic (exact) mass is 370 g/mol. The number of hydrogen-bond acceptors (Lipinski definition) is 4. The second-order valence-corrected chi connectivity index (χ2v) is 8.21. The van der Waals surface area contributed by atoms with Gasteiger partial charge in [-0.15, -0.1) is 0 Å². The van der Waals surface area contributed by atoms with E-state index in [1.54, 1.807) is 24.3 Å². The van der Waals surface area contributed by atoms with Crippen molar-refractivity contribution in [3.05, 3.63) is 24.3 Å². The number of rotatable bonds is 10. The van der Waals surface area contributed by atoms with Gasteiger partial charge in [-0.2, -0.15) is 0 Å². The summed E-state index contributed by atoms with van der Waals surface area (Å²) in [5.41, 5.74) is 0.551. The van der Waals surface area contributed by atoms with Gasteiger partial charge in [-0.25, -0.2) is 8.42 Å². The molecule has 0 unspecified atom stereocenters. The number of sulfonamides is 1. The summed E-state index contributed by atoms with van der Waals surface area (Å²) in [7, 11) is -3.44. The first-order valence-corrected chi connectivity index (χ1v) is 10.6. The van der Waals surface area contributed by atoms with Gasteiger partial charge in [0.25, 0.3) is 0 Å². The van der Waals surface area contributed by atoms with Crippen molar-refractivity contribution in [3.8, 4) is 5.75 Å². The number of ether oxygens (including phenoxy) is 1. The van der Waals surface area contributed by atoms with Crippen LogP contribution in [0, 0.1) is 5.92 Å². The van der Waals surface area contributed by atoms with Crippen molar-refractivity contribution in [1.29, 1.82) is 0 Å². The van der Waals surface area contributed by atoms with E-state index in [0.29, 0.717) is 11.4 Å². The smallest absolute Gasteiger partial charge is 0.232 e. The molecule has 1 aromatic rings. The molecule has 1 aromatic carbocycles. The van der Waals surface area contributed by atoms with Crippen molar-refractivity contribution < 1.29 is 17.9 Å². The highest BCUT2D eigenvalue weighted by Gasteiger charge is 2.19. The maximum absolute atomic E-state index is 12.1. The van der Waals surface area contributed by atoms with Crippen LogP contribution in [0.4, 0.5) is 5.69 Å². The van der Waals surface area contributed by atoms with Crippen LogP contribution in [0.25, 0.3) is 0 Å². The van der Waals surface area contributed by atoms with Crippen molar-refractivity contribution in [1.82, 2.24) is 5.32 Å². The van der Waals surface area contributed by atoms with E-state index in [4.69, 9.17) is 4.74 Å². The predicted molar refractivity (Wildman–Crippen MR) is 101 cm³/mol. The van der Waals surface area contributed by atoms with Crippen LogP contribution < -0.4 is 14.4 Å². The van der Waals surface area contributed by atoms with E-state index in [0.717, 1.165) is 19.1 Å². The highest BCUT2D eigenvalue weighted by molar-refractivity contribution is 7.92. The molecule has 0 saturated heterocycles. The average Bonchev–Trinajstić information content (AvgIpc) is 2.52. The lowest BCUT2D eigenvalue weighted by molar-refractivity contribution is -0.125. The lowest BCUT2D eigenvalue weighted by Crippen LogP contribution is -2.39. The van der Waals surface area contributed by atoms with Gasteiger partial charge in [-0.05, 0) is 51.0 Å². The van der Waals surface area contributed by atoms with E-state index in [1.807, 2.05) is 27.7 Å². The molecule has 0 aliphatic heterocycles. The Hall–Kier alpha value is -1.76. The third-order valence-corrected chi connectivity index (χ3v) is 5.06. The van der Waals surface area contributed by atoms with E-state index >= 15 is 0 Å². The van der Waals surface area contributed by atoms with Crippen LogP contribution >= 0.6 is 0 Å². The van der Waals surface area contributed by atoms with Crippen molar-refractivity contribution in [2.75, 3.05) is 23.7 Å². The first kappa shape index (κ1) is 21.3. The van der Waals surface area contributed by atoms with Gasteiger partial charge in [0.2, 0.25) is 15.9 Å². The van der Waals surface area contributed by atoms with Crippen molar-refractivity contribution in [2.45, 2.75) is 46.6 Å². The fraction of sp³-hybridized carbons (Fsp3) is 0.611. The molecule has 0 heterocycles. The average molecular weight is 371 g/mol. The summed E-state index contributed by atoms with van der Waals surface area (Å²) in [6.07, 6.45) is 2.76. The lowest BCUT2D eigenvalue weighted by atomic mass is 10.0. The molecule has 0 radical (unpaired) electrons. The SMILES string of the molecule is CCC(CC)C(=O)NCCN(c1ccc(OC(C)C)cc1)S(C)(=O)=O. The van der Waals surface area contributed by atoms with Crippen molar-refractivity contribution in [3.63, 3.8) is 0 Å². The number of hydrogen-bond donors (Lipinski definition) is 1. The van der Waals surface area contributed by atoms with Crippen molar-refractivity contribution in [2.24, 2.45) is 5.92 Å². The Morgan fingerprint density at radius 2 is 1.72 bits per heavy atom. The molecule has 0 aliphatic rings. The van der Waals surface area contributed by atoms with E-state index < -0.39 is 10.0 Å². The van der Waals surface area contributed by atoms with Crippen LogP contribution in [0.5, 0.6) is 5.75 Å². The first-order chi connectivity index (χ1) is 11.7. The molecule has 1 rings (SSSR count). The molecule has 7 heteroatoms. The number of nitrogens with one attached hydrogen (secondary N) is 1. The third-order valence-electron chi connectivity index (χ3n) is 3.87. The number of carbonyl (C=O) groups excluding carboxylic acids is 1. The zero-order valence-corrected chi connectivity index (χ0v) is 16.6. The Morgan fingerprint density at radius 3 is 2.16 bits per heavy atom.